The summed E-state index contributed by atoms with van der Waals surface area (Å²) in [5, 5.41) is 11.8. The van der Waals surface area contributed by atoms with Gasteiger partial charge in [0.05, 0.1) is 5.52 Å². The van der Waals surface area contributed by atoms with Crippen molar-refractivity contribution < 1.29 is 0 Å². The number of para-hydroxylation sites is 1. The molecule has 1 fully saturated rings. The lowest BCUT2D eigenvalue weighted by Crippen LogP contribution is -2.36. The van der Waals surface area contributed by atoms with E-state index in [0.29, 0.717) is 10.7 Å². The van der Waals surface area contributed by atoms with Crippen molar-refractivity contribution in [1.29, 1.82) is 0 Å². The van der Waals surface area contributed by atoms with Crippen molar-refractivity contribution in [2.45, 2.75) is 36.9 Å². The summed E-state index contributed by atoms with van der Waals surface area (Å²) in [6, 6.07) is 7.84. The van der Waals surface area contributed by atoms with E-state index in [4.69, 9.17) is 0 Å². The second-order valence-corrected chi connectivity index (χ2v) is 6.70. The molecule has 1 aliphatic rings. The Kier molecular flexibility index (Phi) is 4.05. The molecule has 1 heterocycles. The molecule has 0 atom stereocenters. The molecule has 2 aromatic rings. The van der Waals surface area contributed by atoms with Crippen LogP contribution in [-0.4, -0.2) is 32.7 Å². The molecule has 0 amide bonds. The number of fused-ring (bicyclic) bond motifs is 1. The molecule has 1 aliphatic carbocycles. The lowest BCUT2D eigenvalue weighted by Gasteiger charge is -2.35. The molecule has 20 heavy (non-hydrogen) atoms. The molecule has 1 saturated carbocycles. The zero-order chi connectivity index (χ0) is 13.8. The van der Waals surface area contributed by atoms with Crippen LogP contribution < -0.4 is 5.32 Å². The fraction of sp³-hybridized carbons (Fsp3) is 0.533. The quantitative estimate of drug-likeness (QED) is 0.933. The first kappa shape index (κ1) is 13.6. The first-order chi connectivity index (χ1) is 9.81. The van der Waals surface area contributed by atoms with E-state index >= 15 is 0 Å². The van der Waals surface area contributed by atoms with E-state index in [1.165, 1.54) is 32.1 Å². The SMILES string of the molecule is CSC1(CNc2nnc3ccccc3n2)CCCCC1. The van der Waals surface area contributed by atoms with Gasteiger partial charge >= 0.3 is 0 Å². The highest BCUT2D eigenvalue weighted by Crippen LogP contribution is 2.38. The normalized spacial score (nSPS) is 18.1. The van der Waals surface area contributed by atoms with Crippen LogP contribution in [-0.2, 0) is 0 Å². The summed E-state index contributed by atoms with van der Waals surface area (Å²) in [7, 11) is 0. The molecule has 0 spiro atoms. The van der Waals surface area contributed by atoms with E-state index < -0.39 is 0 Å². The summed E-state index contributed by atoms with van der Waals surface area (Å²) in [4.78, 5) is 4.53. The van der Waals surface area contributed by atoms with Crippen molar-refractivity contribution in [2.75, 3.05) is 18.1 Å². The second kappa shape index (κ2) is 5.95. The third-order valence-electron chi connectivity index (χ3n) is 4.13. The van der Waals surface area contributed by atoms with E-state index in [0.717, 1.165) is 17.6 Å². The van der Waals surface area contributed by atoms with Crippen molar-refractivity contribution in [3.63, 3.8) is 0 Å². The molecule has 0 radical (unpaired) electrons. The van der Waals surface area contributed by atoms with Crippen molar-refractivity contribution in [3.05, 3.63) is 24.3 Å². The van der Waals surface area contributed by atoms with Gasteiger partial charge in [-0.05, 0) is 31.2 Å². The molecule has 5 heteroatoms. The van der Waals surface area contributed by atoms with Gasteiger partial charge in [0.15, 0.2) is 0 Å². The lowest BCUT2D eigenvalue weighted by molar-refractivity contribution is 0.411. The highest BCUT2D eigenvalue weighted by atomic mass is 32.2. The molecule has 0 bridgehead atoms. The first-order valence-electron chi connectivity index (χ1n) is 7.20. The van der Waals surface area contributed by atoms with Crippen LogP contribution in [0.15, 0.2) is 24.3 Å². The van der Waals surface area contributed by atoms with Gasteiger partial charge in [-0.1, -0.05) is 31.4 Å². The molecule has 0 unspecified atom stereocenters. The second-order valence-electron chi connectivity index (χ2n) is 5.43. The van der Waals surface area contributed by atoms with Crippen LogP contribution >= 0.6 is 11.8 Å². The highest BCUT2D eigenvalue weighted by molar-refractivity contribution is 8.00. The zero-order valence-electron chi connectivity index (χ0n) is 11.8. The molecule has 1 N–H and O–H groups in total. The predicted molar refractivity (Wildman–Crippen MR) is 85.2 cm³/mol. The molecular formula is C15H20N4S. The summed E-state index contributed by atoms with van der Waals surface area (Å²) in [5.74, 6) is 0.641. The van der Waals surface area contributed by atoms with Gasteiger partial charge in [-0.2, -0.15) is 11.8 Å². The highest BCUT2D eigenvalue weighted by Gasteiger charge is 2.31. The van der Waals surface area contributed by atoms with Gasteiger partial charge < -0.3 is 5.32 Å². The van der Waals surface area contributed by atoms with E-state index in [9.17, 15) is 0 Å². The van der Waals surface area contributed by atoms with Gasteiger partial charge in [-0.3, -0.25) is 0 Å². The van der Waals surface area contributed by atoms with Crippen molar-refractivity contribution in [1.82, 2.24) is 15.2 Å². The number of aromatic nitrogens is 3. The third kappa shape index (κ3) is 2.87. The number of nitrogens with one attached hydrogen (secondary N) is 1. The predicted octanol–water partition coefficient (Wildman–Crippen LogP) is 3.50. The standard InChI is InChI=1S/C15H20N4S/c1-20-15(9-5-2-6-10-15)11-16-14-17-12-7-3-4-8-13(12)18-19-14/h3-4,7-8H,2,5-6,9-11H2,1H3,(H,16,17,19). The number of rotatable bonds is 4. The molecule has 1 aromatic heterocycles. The van der Waals surface area contributed by atoms with Crippen LogP contribution in [0, 0.1) is 0 Å². The summed E-state index contributed by atoms with van der Waals surface area (Å²) >= 11 is 1.98. The number of hydrogen-bond acceptors (Lipinski definition) is 5. The Morgan fingerprint density at radius 2 is 1.85 bits per heavy atom. The molecule has 106 valence electrons. The third-order valence-corrected chi connectivity index (χ3v) is 5.55. The van der Waals surface area contributed by atoms with Gasteiger partial charge in [0.2, 0.25) is 5.95 Å². The molecule has 1 aromatic carbocycles. The zero-order valence-corrected chi connectivity index (χ0v) is 12.6. The maximum Gasteiger partial charge on any atom is 0.243 e. The van der Waals surface area contributed by atoms with Gasteiger partial charge in [-0.25, -0.2) is 4.98 Å². The van der Waals surface area contributed by atoms with Crippen molar-refractivity contribution in [3.8, 4) is 0 Å². The average Bonchev–Trinajstić information content (AvgIpc) is 2.54. The fourth-order valence-corrected chi connectivity index (χ4v) is 3.76. The van der Waals surface area contributed by atoms with E-state index in [1.807, 2.05) is 36.0 Å². The fourth-order valence-electron chi connectivity index (χ4n) is 2.85. The Morgan fingerprint density at radius 3 is 2.60 bits per heavy atom. The molecule has 0 aliphatic heterocycles. The first-order valence-corrected chi connectivity index (χ1v) is 8.42. The van der Waals surface area contributed by atoms with Gasteiger partial charge in [0.1, 0.15) is 5.52 Å². The summed E-state index contributed by atoms with van der Waals surface area (Å²) < 4.78 is 0.341. The molecular weight excluding hydrogens is 268 g/mol. The van der Waals surface area contributed by atoms with Crippen LogP contribution in [0.3, 0.4) is 0 Å². The maximum absolute atomic E-state index is 4.53. The van der Waals surface area contributed by atoms with Gasteiger partial charge in [0, 0.05) is 11.3 Å². The Balaban J connectivity index is 1.72. The maximum atomic E-state index is 4.53. The van der Waals surface area contributed by atoms with E-state index in [-0.39, 0.29) is 0 Å². The smallest absolute Gasteiger partial charge is 0.243 e. The summed E-state index contributed by atoms with van der Waals surface area (Å²) in [6.45, 7) is 0.925. The number of thioether (sulfide) groups is 1. The van der Waals surface area contributed by atoms with Crippen molar-refractivity contribution in [2.24, 2.45) is 0 Å². The van der Waals surface area contributed by atoms with Crippen LogP contribution in [0.25, 0.3) is 11.0 Å². The lowest BCUT2D eigenvalue weighted by atomic mass is 9.88. The van der Waals surface area contributed by atoms with E-state index in [2.05, 4.69) is 26.8 Å². The van der Waals surface area contributed by atoms with Crippen LogP contribution in [0.2, 0.25) is 0 Å². The average molecular weight is 288 g/mol. The van der Waals surface area contributed by atoms with Crippen LogP contribution in [0.4, 0.5) is 5.95 Å². The van der Waals surface area contributed by atoms with Crippen molar-refractivity contribution >= 4 is 28.7 Å². The molecule has 3 rings (SSSR count). The Labute approximate surface area is 123 Å². The van der Waals surface area contributed by atoms with Crippen LogP contribution in [0.5, 0.6) is 0 Å². The monoisotopic (exact) mass is 288 g/mol. The minimum absolute atomic E-state index is 0.341. The minimum Gasteiger partial charge on any atom is -0.352 e. The Hall–Kier alpha value is -1.36. The van der Waals surface area contributed by atoms with Crippen LogP contribution in [0.1, 0.15) is 32.1 Å². The number of benzene rings is 1. The van der Waals surface area contributed by atoms with E-state index in [1.54, 1.807) is 0 Å². The summed E-state index contributed by atoms with van der Waals surface area (Å²) in [6.07, 6.45) is 8.81. The number of anilines is 1. The topological polar surface area (TPSA) is 50.7 Å². The van der Waals surface area contributed by atoms with Gasteiger partial charge in [-0.15, -0.1) is 10.2 Å². The summed E-state index contributed by atoms with van der Waals surface area (Å²) in [5.41, 5.74) is 1.74. The Morgan fingerprint density at radius 1 is 1.10 bits per heavy atom. The largest absolute Gasteiger partial charge is 0.352 e. The van der Waals surface area contributed by atoms with Gasteiger partial charge in [0.25, 0.3) is 0 Å². The number of nitrogens with zero attached hydrogens (tertiary/aromatic N) is 3. The molecule has 0 saturated heterocycles. The number of hydrogen-bond donors (Lipinski definition) is 1. The Bertz CT molecular complexity index is 581. The minimum atomic E-state index is 0.341. The molecule has 4 nitrogen and oxygen atoms in total.